The van der Waals surface area contributed by atoms with E-state index >= 15 is 0 Å². The number of fused-ring (bicyclic) bond motifs is 2. The number of nitrogens with zero attached hydrogens (tertiary/aromatic N) is 3. The zero-order valence-electron chi connectivity index (χ0n) is 16.1. The first kappa shape index (κ1) is 20.3. The van der Waals surface area contributed by atoms with E-state index in [0.29, 0.717) is 34.8 Å². The highest BCUT2D eigenvalue weighted by atomic mass is 32.2. The smallest absolute Gasteiger partial charge is 0.354 e. The van der Waals surface area contributed by atoms with Gasteiger partial charge in [0.05, 0.1) is 17.6 Å². The number of thiazole rings is 1. The normalized spacial score (nSPS) is 20.1. The number of amides is 2. The van der Waals surface area contributed by atoms with Gasteiger partial charge in [0.2, 0.25) is 0 Å². The molecule has 8 nitrogen and oxygen atoms in total. The molecule has 2 aliphatic rings. The average molecular weight is 440 g/mol. The lowest BCUT2D eigenvalue weighted by molar-refractivity contribution is 0.0783. The Balaban J connectivity index is 1.66. The maximum Gasteiger partial charge on any atom is 0.354 e. The van der Waals surface area contributed by atoms with Gasteiger partial charge in [0.1, 0.15) is 21.0 Å². The Hall–Kier alpha value is -1.95. The summed E-state index contributed by atoms with van der Waals surface area (Å²) in [5.74, 6) is 0. The van der Waals surface area contributed by atoms with Crippen LogP contribution in [0.3, 0.4) is 0 Å². The zero-order chi connectivity index (χ0) is 21.0. The summed E-state index contributed by atoms with van der Waals surface area (Å²) < 4.78 is 30.8. The van der Waals surface area contributed by atoms with E-state index < -0.39 is 27.7 Å². The maximum atomic E-state index is 14.2. The number of pyridine rings is 1. The predicted octanol–water partition coefficient (Wildman–Crippen LogP) is 3.14. The summed E-state index contributed by atoms with van der Waals surface area (Å²) in [5, 5.41) is 18.8. The van der Waals surface area contributed by atoms with E-state index in [-0.39, 0.29) is 4.21 Å². The summed E-state index contributed by atoms with van der Waals surface area (Å²) in [4.78, 5) is 21.0. The second-order valence-corrected chi connectivity index (χ2v) is 10.8. The maximum absolute atomic E-state index is 14.2. The minimum Gasteiger partial charge on any atom is -0.383 e. The number of rotatable bonds is 3. The van der Waals surface area contributed by atoms with Gasteiger partial charge in [0.15, 0.2) is 9.92 Å². The number of halogens is 1. The van der Waals surface area contributed by atoms with Crippen LogP contribution in [-0.2, 0) is 34.8 Å². The van der Waals surface area contributed by atoms with Crippen LogP contribution in [0.2, 0.25) is 0 Å². The number of hydrogen-bond donors (Lipinski definition) is 3. The summed E-state index contributed by atoms with van der Waals surface area (Å²) >= 11 is 0.941. The Morgan fingerprint density at radius 1 is 1.41 bits per heavy atom. The van der Waals surface area contributed by atoms with Crippen molar-refractivity contribution >= 4 is 33.0 Å². The Labute approximate surface area is 172 Å². The van der Waals surface area contributed by atoms with Gasteiger partial charge in [0.25, 0.3) is 0 Å². The Morgan fingerprint density at radius 2 is 2.17 bits per heavy atom. The Morgan fingerprint density at radius 3 is 2.86 bits per heavy atom. The number of nitrogens with one attached hydrogen (secondary N) is 1. The minimum atomic E-state index is -3.54. The van der Waals surface area contributed by atoms with Crippen LogP contribution in [0.5, 0.6) is 0 Å². The molecule has 0 saturated carbocycles. The van der Waals surface area contributed by atoms with E-state index in [1.807, 2.05) is 0 Å². The van der Waals surface area contributed by atoms with Crippen molar-refractivity contribution in [1.82, 2.24) is 9.97 Å². The summed E-state index contributed by atoms with van der Waals surface area (Å²) in [5.41, 5.74) is 2.08. The Kier molecular flexibility index (Phi) is 4.96. The summed E-state index contributed by atoms with van der Waals surface area (Å²) in [6, 6.07) is -0.861. The molecule has 0 saturated heterocycles. The molecule has 2 aromatic heterocycles. The molecule has 0 spiro atoms. The monoisotopic (exact) mass is 439 g/mol. The molecule has 2 heterocycles. The number of aliphatic hydroxyl groups is 1. The highest BCUT2D eigenvalue weighted by molar-refractivity contribution is 7.93. The molecule has 2 amide bonds. The molecule has 1 unspecified atom stereocenters. The molecule has 156 valence electrons. The highest BCUT2D eigenvalue weighted by Gasteiger charge is 2.32. The third-order valence-electron chi connectivity index (χ3n) is 5.05. The van der Waals surface area contributed by atoms with E-state index in [1.165, 1.54) is 6.20 Å². The van der Waals surface area contributed by atoms with Gasteiger partial charge in [-0.3, -0.25) is 4.98 Å². The van der Waals surface area contributed by atoms with Gasteiger partial charge >= 0.3 is 6.03 Å². The first-order chi connectivity index (χ1) is 13.6. The van der Waals surface area contributed by atoms with Gasteiger partial charge in [-0.05, 0) is 51.5 Å². The number of anilines is 1. The molecule has 2 atom stereocenters. The molecule has 4 N–H and O–H groups in total. The lowest BCUT2D eigenvalue weighted by Crippen LogP contribution is -2.18. The lowest BCUT2D eigenvalue weighted by Gasteiger charge is -2.14. The number of carbonyl (C=O) groups excluding carboxylic acids is 1. The van der Waals surface area contributed by atoms with Crippen molar-refractivity contribution in [3.8, 4) is 0 Å². The van der Waals surface area contributed by atoms with Crippen LogP contribution in [0, 0.1) is 0 Å². The van der Waals surface area contributed by atoms with Crippen molar-refractivity contribution in [2.45, 2.75) is 61.9 Å². The molecular formula is C18H22FN5O3S2. The molecule has 2 aromatic rings. The number of nitrogens with two attached hydrogens (primary N) is 1. The van der Waals surface area contributed by atoms with Crippen molar-refractivity contribution in [2.75, 3.05) is 5.32 Å². The molecule has 0 fully saturated rings. The quantitative estimate of drug-likeness (QED) is 0.676. The van der Waals surface area contributed by atoms with Crippen molar-refractivity contribution in [3.63, 3.8) is 0 Å². The van der Waals surface area contributed by atoms with E-state index in [4.69, 9.17) is 5.14 Å². The van der Waals surface area contributed by atoms with Crippen LogP contribution < -0.4 is 10.5 Å². The number of aromatic nitrogens is 2. The van der Waals surface area contributed by atoms with Crippen LogP contribution in [0.15, 0.2) is 14.8 Å². The van der Waals surface area contributed by atoms with Gasteiger partial charge in [-0.25, -0.2) is 23.5 Å². The molecule has 0 aliphatic heterocycles. The largest absolute Gasteiger partial charge is 0.383 e. The fourth-order valence-electron chi connectivity index (χ4n) is 3.69. The topological polar surface area (TPSA) is 131 Å². The van der Waals surface area contributed by atoms with E-state index in [9.17, 15) is 18.5 Å². The van der Waals surface area contributed by atoms with Gasteiger partial charge in [-0.2, -0.15) is 0 Å². The highest BCUT2D eigenvalue weighted by Crippen LogP contribution is 2.42. The second-order valence-electron chi connectivity index (χ2n) is 7.77. The van der Waals surface area contributed by atoms with Crippen LogP contribution in [0.4, 0.5) is 14.9 Å². The van der Waals surface area contributed by atoms with Gasteiger partial charge < -0.3 is 10.4 Å². The number of carbonyl (C=O) groups is 1. The number of alkyl halides is 1. The van der Waals surface area contributed by atoms with Crippen molar-refractivity contribution in [3.05, 3.63) is 33.7 Å². The lowest BCUT2D eigenvalue weighted by atomic mass is 10.1. The summed E-state index contributed by atoms with van der Waals surface area (Å²) in [7, 11) is -3.54. The molecule has 0 aromatic carbocycles. The van der Waals surface area contributed by atoms with E-state index in [0.717, 1.165) is 41.9 Å². The predicted molar refractivity (Wildman–Crippen MR) is 108 cm³/mol. The first-order valence-corrected chi connectivity index (χ1v) is 11.7. The number of hydrogen-bond acceptors (Lipinski definition) is 6. The summed E-state index contributed by atoms with van der Waals surface area (Å²) in [6.07, 6.45) is 3.30. The van der Waals surface area contributed by atoms with Gasteiger partial charge in [0, 0.05) is 11.3 Å². The molecule has 29 heavy (non-hydrogen) atoms. The van der Waals surface area contributed by atoms with Crippen LogP contribution >= 0.6 is 11.3 Å². The van der Waals surface area contributed by atoms with Gasteiger partial charge in [-0.15, -0.1) is 15.7 Å². The zero-order valence-corrected chi connectivity index (χ0v) is 17.7. The molecule has 0 radical (unpaired) electrons. The molecular weight excluding hydrogens is 417 g/mol. The summed E-state index contributed by atoms with van der Waals surface area (Å²) in [6.45, 7) is 3.08. The standard InChI is InChI=1S/C18H22FN5O3S2/c1-18(2,26)16-21-8-13(28-16)29(20,27)24-17(25)23-14-9-4-3-5-12(9)22-15-10(14)6-7-11(15)19/h8,11,26H,3-7H2,1-2H3,(H3,20,22,23,24,25,27)/t11?,29-/m0/s1. The van der Waals surface area contributed by atoms with Crippen molar-refractivity contribution in [2.24, 2.45) is 9.50 Å². The third-order valence-corrected chi connectivity index (χ3v) is 8.24. The molecule has 4 rings (SSSR count). The van der Waals surface area contributed by atoms with Gasteiger partial charge in [-0.1, -0.05) is 0 Å². The minimum absolute atomic E-state index is 0.0961. The fourth-order valence-corrected chi connectivity index (χ4v) is 5.75. The molecule has 0 bridgehead atoms. The first-order valence-electron chi connectivity index (χ1n) is 9.29. The second kappa shape index (κ2) is 7.08. The number of aryl methyl sites for hydroxylation is 1. The van der Waals surface area contributed by atoms with E-state index in [1.54, 1.807) is 13.8 Å². The molecule has 11 heteroatoms. The van der Waals surface area contributed by atoms with Crippen molar-refractivity contribution < 1.29 is 18.5 Å². The van der Waals surface area contributed by atoms with E-state index in [2.05, 4.69) is 19.6 Å². The van der Waals surface area contributed by atoms with Crippen LogP contribution in [0.25, 0.3) is 0 Å². The van der Waals surface area contributed by atoms with Crippen LogP contribution in [-0.4, -0.2) is 25.3 Å². The fraction of sp³-hybridized carbons (Fsp3) is 0.500. The average Bonchev–Trinajstić information content (AvgIpc) is 3.33. The third kappa shape index (κ3) is 3.79. The SMILES string of the molecule is CC(C)(O)c1ncc([S@@](N)(=O)=NC(=O)Nc2c3c(nc4c2CCC4F)CCC3)s1. The molecule has 2 aliphatic carbocycles. The Bertz CT molecular complexity index is 1120. The van der Waals surface area contributed by atoms with Crippen molar-refractivity contribution in [1.29, 1.82) is 0 Å². The van der Waals surface area contributed by atoms with Crippen LogP contribution in [0.1, 0.15) is 60.4 Å². The number of urea groups is 1.